The van der Waals surface area contributed by atoms with Crippen LogP contribution in [-0.2, 0) is 4.74 Å². The van der Waals surface area contributed by atoms with E-state index in [-0.39, 0.29) is 5.69 Å². The highest BCUT2D eigenvalue weighted by Crippen LogP contribution is 2.33. The van der Waals surface area contributed by atoms with E-state index >= 15 is 0 Å². The van der Waals surface area contributed by atoms with Gasteiger partial charge in [0.1, 0.15) is 5.60 Å². The van der Waals surface area contributed by atoms with E-state index in [1.165, 1.54) is 23.5 Å². The molecule has 0 spiro atoms. The van der Waals surface area contributed by atoms with Crippen LogP contribution in [0.4, 0.5) is 15.6 Å². The van der Waals surface area contributed by atoms with Gasteiger partial charge in [0.25, 0.3) is 5.69 Å². The Labute approximate surface area is 155 Å². The zero-order valence-electron chi connectivity index (χ0n) is 15.0. The standard InChI is InChI=1S/C17H22N4O4S/c1-17(2,3)25-16(22)18-9-11-6-7-20(10-11)15-19-13-8-12(21(23)24)4-5-14(13)26-15/h4-5,8,11H,6-7,9-10H2,1-3H3,(H,18,22)/t11-/m0/s1. The highest BCUT2D eigenvalue weighted by Gasteiger charge is 2.26. The maximum atomic E-state index is 11.8. The summed E-state index contributed by atoms with van der Waals surface area (Å²) in [6.45, 7) is 7.70. The molecule has 0 bridgehead atoms. The molecule has 9 heteroatoms. The lowest BCUT2D eigenvalue weighted by Crippen LogP contribution is -2.36. The molecule has 2 heterocycles. The smallest absolute Gasteiger partial charge is 0.407 e. The molecule has 1 saturated heterocycles. The Bertz CT molecular complexity index is 830. The number of aromatic nitrogens is 1. The van der Waals surface area contributed by atoms with Gasteiger partial charge >= 0.3 is 6.09 Å². The average molecular weight is 378 g/mol. The van der Waals surface area contributed by atoms with E-state index in [1.807, 2.05) is 20.8 Å². The molecule has 1 amide bonds. The lowest BCUT2D eigenvalue weighted by Gasteiger charge is -2.20. The number of fused-ring (bicyclic) bond motifs is 1. The first-order chi connectivity index (χ1) is 12.2. The second kappa shape index (κ2) is 7.06. The fraction of sp³-hybridized carbons (Fsp3) is 0.529. The van der Waals surface area contributed by atoms with Gasteiger partial charge < -0.3 is 15.0 Å². The predicted molar refractivity (Wildman–Crippen MR) is 101 cm³/mol. The van der Waals surface area contributed by atoms with Crippen LogP contribution in [0.5, 0.6) is 0 Å². The van der Waals surface area contributed by atoms with E-state index in [9.17, 15) is 14.9 Å². The third kappa shape index (κ3) is 4.40. The van der Waals surface area contributed by atoms with Crippen molar-refractivity contribution in [3.63, 3.8) is 0 Å². The molecule has 0 unspecified atom stereocenters. The number of carbonyl (C=O) groups excluding carboxylic acids is 1. The highest BCUT2D eigenvalue weighted by molar-refractivity contribution is 7.22. The van der Waals surface area contributed by atoms with Crippen LogP contribution in [0.15, 0.2) is 18.2 Å². The summed E-state index contributed by atoms with van der Waals surface area (Å²) >= 11 is 1.53. The van der Waals surface area contributed by atoms with Crippen molar-refractivity contribution in [2.45, 2.75) is 32.8 Å². The maximum Gasteiger partial charge on any atom is 0.407 e. The Hall–Kier alpha value is -2.42. The molecular weight excluding hydrogens is 356 g/mol. The highest BCUT2D eigenvalue weighted by atomic mass is 32.1. The molecule has 1 fully saturated rings. The van der Waals surface area contributed by atoms with Crippen molar-refractivity contribution in [3.05, 3.63) is 28.3 Å². The Morgan fingerprint density at radius 1 is 1.50 bits per heavy atom. The number of hydrogen-bond donors (Lipinski definition) is 1. The van der Waals surface area contributed by atoms with Crippen LogP contribution < -0.4 is 10.2 Å². The molecule has 140 valence electrons. The predicted octanol–water partition coefficient (Wildman–Crippen LogP) is 3.56. The van der Waals surface area contributed by atoms with Crippen molar-refractivity contribution in [2.75, 3.05) is 24.5 Å². The minimum Gasteiger partial charge on any atom is -0.444 e. The summed E-state index contributed by atoms with van der Waals surface area (Å²) in [5, 5.41) is 14.6. The molecule has 1 N–H and O–H groups in total. The van der Waals surface area contributed by atoms with Gasteiger partial charge in [-0.25, -0.2) is 9.78 Å². The van der Waals surface area contributed by atoms with Crippen molar-refractivity contribution >= 4 is 38.5 Å². The van der Waals surface area contributed by atoms with Gasteiger partial charge in [-0.05, 0) is 39.2 Å². The lowest BCUT2D eigenvalue weighted by atomic mass is 10.1. The number of non-ortho nitro benzene ring substituents is 1. The number of rotatable bonds is 4. The van der Waals surface area contributed by atoms with E-state index in [0.29, 0.717) is 18.0 Å². The summed E-state index contributed by atoms with van der Waals surface area (Å²) < 4.78 is 6.18. The molecule has 0 saturated carbocycles. The maximum absolute atomic E-state index is 11.8. The number of nitro groups is 1. The largest absolute Gasteiger partial charge is 0.444 e. The van der Waals surface area contributed by atoms with Gasteiger partial charge in [-0.15, -0.1) is 0 Å². The number of carbonyl (C=O) groups is 1. The number of thiazole rings is 1. The second-order valence-corrected chi connectivity index (χ2v) is 8.40. The molecule has 1 aromatic carbocycles. The van der Waals surface area contributed by atoms with Gasteiger partial charge in [0.05, 0.1) is 15.1 Å². The van der Waals surface area contributed by atoms with E-state index < -0.39 is 16.6 Å². The van der Waals surface area contributed by atoms with Gasteiger partial charge in [0, 0.05) is 31.8 Å². The number of alkyl carbamates (subject to hydrolysis) is 1. The molecule has 1 aliphatic heterocycles. The Morgan fingerprint density at radius 2 is 2.27 bits per heavy atom. The van der Waals surface area contributed by atoms with Crippen LogP contribution in [0.1, 0.15) is 27.2 Å². The van der Waals surface area contributed by atoms with Crippen molar-refractivity contribution in [1.29, 1.82) is 0 Å². The first-order valence-electron chi connectivity index (χ1n) is 8.48. The first kappa shape index (κ1) is 18.4. The lowest BCUT2D eigenvalue weighted by molar-refractivity contribution is -0.384. The third-order valence-corrected chi connectivity index (χ3v) is 5.16. The Morgan fingerprint density at radius 3 is 2.96 bits per heavy atom. The van der Waals surface area contributed by atoms with E-state index in [0.717, 1.165) is 29.3 Å². The fourth-order valence-corrected chi connectivity index (χ4v) is 3.85. The number of hydrogen-bond acceptors (Lipinski definition) is 7. The van der Waals surface area contributed by atoms with Gasteiger partial charge in [0.15, 0.2) is 5.13 Å². The van der Waals surface area contributed by atoms with Gasteiger partial charge in [-0.1, -0.05) is 11.3 Å². The van der Waals surface area contributed by atoms with Crippen molar-refractivity contribution in [1.82, 2.24) is 10.3 Å². The number of benzene rings is 1. The SMILES string of the molecule is CC(C)(C)OC(=O)NC[C@@H]1CCN(c2nc3cc([N+](=O)[O-])ccc3s2)C1. The minimum absolute atomic E-state index is 0.0511. The quantitative estimate of drug-likeness (QED) is 0.645. The van der Waals surface area contributed by atoms with Crippen LogP contribution in [0.25, 0.3) is 10.2 Å². The van der Waals surface area contributed by atoms with Crippen molar-refractivity contribution in [2.24, 2.45) is 5.92 Å². The van der Waals surface area contributed by atoms with Crippen molar-refractivity contribution < 1.29 is 14.5 Å². The normalized spacial score (nSPS) is 17.5. The zero-order chi connectivity index (χ0) is 18.9. The van der Waals surface area contributed by atoms with E-state index in [4.69, 9.17) is 4.74 Å². The van der Waals surface area contributed by atoms with Crippen molar-refractivity contribution in [3.8, 4) is 0 Å². The third-order valence-electron chi connectivity index (χ3n) is 4.06. The number of nitrogens with zero attached hydrogens (tertiary/aromatic N) is 3. The summed E-state index contributed by atoms with van der Waals surface area (Å²) in [5.41, 5.74) is 0.194. The van der Waals surface area contributed by atoms with Crippen LogP contribution >= 0.6 is 11.3 Å². The molecule has 8 nitrogen and oxygen atoms in total. The van der Waals surface area contributed by atoms with Crippen LogP contribution in [0.2, 0.25) is 0 Å². The molecule has 1 aliphatic rings. The summed E-state index contributed by atoms with van der Waals surface area (Å²) in [7, 11) is 0. The molecule has 1 atom stereocenters. The van der Waals surface area contributed by atoms with Gasteiger partial charge in [0.2, 0.25) is 0 Å². The fourth-order valence-electron chi connectivity index (χ4n) is 2.87. The topological polar surface area (TPSA) is 97.6 Å². The van der Waals surface area contributed by atoms with Crippen LogP contribution in [-0.4, -0.2) is 41.2 Å². The average Bonchev–Trinajstić information content (AvgIpc) is 3.16. The molecule has 1 aromatic heterocycles. The molecule has 26 heavy (non-hydrogen) atoms. The zero-order valence-corrected chi connectivity index (χ0v) is 15.8. The Kier molecular flexibility index (Phi) is 4.99. The van der Waals surface area contributed by atoms with Crippen LogP contribution in [0, 0.1) is 16.0 Å². The number of nitro benzene ring substituents is 1. The van der Waals surface area contributed by atoms with Crippen LogP contribution in [0.3, 0.4) is 0 Å². The van der Waals surface area contributed by atoms with E-state index in [1.54, 1.807) is 6.07 Å². The monoisotopic (exact) mass is 378 g/mol. The second-order valence-electron chi connectivity index (χ2n) is 7.39. The molecule has 3 rings (SSSR count). The summed E-state index contributed by atoms with van der Waals surface area (Å²) in [6, 6.07) is 4.75. The summed E-state index contributed by atoms with van der Waals surface area (Å²) in [5.74, 6) is 0.323. The Balaban J connectivity index is 1.59. The summed E-state index contributed by atoms with van der Waals surface area (Å²) in [4.78, 5) is 28.9. The molecule has 2 aromatic rings. The number of anilines is 1. The molecular formula is C17H22N4O4S. The molecule has 0 radical (unpaired) electrons. The molecule has 0 aliphatic carbocycles. The summed E-state index contributed by atoms with van der Waals surface area (Å²) in [6.07, 6.45) is 0.550. The van der Waals surface area contributed by atoms with Gasteiger partial charge in [-0.2, -0.15) is 0 Å². The van der Waals surface area contributed by atoms with Gasteiger partial charge in [-0.3, -0.25) is 10.1 Å². The minimum atomic E-state index is -0.505. The number of nitrogens with one attached hydrogen (secondary N) is 1. The van der Waals surface area contributed by atoms with E-state index in [2.05, 4.69) is 15.2 Å². The number of amides is 1. The first-order valence-corrected chi connectivity index (χ1v) is 9.30. The number of ether oxygens (including phenoxy) is 1.